The van der Waals surface area contributed by atoms with Gasteiger partial charge in [0.2, 0.25) is 0 Å². The van der Waals surface area contributed by atoms with Gasteiger partial charge in [0.05, 0.1) is 12.2 Å². The number of aromatic nitrogens is 6. The van der Waals surface area contributed by atoms with Gasteiger partial charge < -0.3 is 9.47 Å². The summed E-state index contributed by atoms with van der Waals surface area (Å²) in [4.78, 5) is 33.1. The highest BCUT2D eigenvalue weighted by Crippen LogP contribution is 2.10. The van der Waals surface area contributed by atoms with Gasteiger partial charge in [0, 0.05) is 63.9 Å². The number of hydrogen-bond acceptors (Lipinski definition) is 7. The molecule has 0 N–H and O–H groups in total. The molecule has 158 valence electrons. The van der Waals surface area contributed by atoms with E-state index < -0.39 is 0 Å². The van der Waals surface area contributed by atoms with Gasteiger partial charge in [0.15, 0.2) is 11.6 Å². The van der Waals surface area contributed by atoms with Crippen LogP contribution in [-0.2, 0) is 13.6 Å². The summed E-state index contributed by atoms with van der Waals surface area (Å²) >= 11 is 0. The van der Waals surface area contributed by atoms with Crippen LogP contribution in [0.1, 0.15) is 11.4 Å². The third-order valence-electron chi connectivity index (χ3n) is 5.38. The van der Waals surface area contributed by atoms with E-state index >= 15 is 0 Å². The number of rotatable bonds is 5. The first-order valence-electron chi connectivity index (χ1n) is 10.0. The molecule has 4 heterocycles. The molecule has 0 aromatic carbocycles. The summed E-state index contributed by atoms with van der Waals surface area (Å²) in [5.74, 6) is 1.13. The van der Waals surface area contributed by atoms with Crippen LogP contribution in [0.4, 0.5) is 5.82 Å². The van der Waals surface area contributed by atoms with Crippen LogP contribution in [0.5, 0.6) is 0 Å². The Hall–Kier alpha value is -3.27. The van der Waals surface area contributed by atoms with E-state index in [4.69, 9.17) is 0 Å². The van der Waals surface area contributed by atoms with Crippen molar-refractivity contribution in [2.75, 3.05) is 37.6 Å². The molecule has 4 rings (SSSR count). The highest BCUT2D eigenvalue weighted by Gasteiger charge is 2.20. The minimum absolute atomic E-state index is 0.0809. The number of piperazine rings is 1. The summed E-state index contributed by atoms with van der Waals surface area (Å²) in [7, 11) is 1.73. The fourth-order valence-corrected chi connectivity index (χ4v) is 3.69. The largest absolute Gasteiger partial charge is 0.349 e. The molecule has 3 aromatic rings. The lowest BCUT2D eigenvalue weighted by atomic mass is 10.3. The smallest absolute Gasteiger partial charge is 0.293 e. The lowest BCUT2D eigenvalue weighted by Gasteiger charge is -2.34. The first-order chi connectivity index (χ1) is 14.4. The molecular weight excluding hydrogens is 384 g/mol. The summed E-state index contributed by atoms with van der Waals surface area (Å²) < 4.78 is 4.78. The molecule has 0 unspecified atom stereocenters. The Balaban J connectivity index is 1.40. The van der Waals surface area contributed by atoms with E-state index in [0.29, 0.717) is 24.7 Å². The first-order valence-corrected chi connectivity index (χ1v) is 10.0. The monoisotopic (exact) mass is 410 g/mol. The highest BCUT2D eigenvalue weighted by atomic mass is 16.1. The van der Waals surface area contributed by atoms with Gasteiger partial charge in [0.25, 0.3) is 11.1 Å². The third kappa shape index (κ3) is 4.04. The van der Waals surface area contributed by atoms with Crippen LogP contribution in [0.3, 0.4) is 0 Å². The molecular formula is C20H26N8O2. The first kappa shape index (κ1) is 20.0. The molecule has 10 nitrogen and oxygen atoms in total. The molecule has 0 atom stereocenters. The molecule has 1 fully saturated rings. The van der Waals surface area contributed by atoms with Crippen LogP contribution >= 0.6 is 0 Å². The van der Waals surface area contributed by atoms with Gasteiger partial charge in [-0.1, -0.05) is 0 Å². The predicted molar refractivity (Wildman–Crippen MR) is 113 cm³/mol. The molecule has 0 radical (unpaired) electrons. The Bertz CT molecular complexity index is 1150. The lowest BCUT2D eigenvalue weighted by molar-refractivity contribution is 0.242. The van der Waals surface area contributed by atoms with Gasteiger partial charge in [-0.15, -0.1) is 5.10 Å². The van der Waals surface area contributed by atoms with Crippen molar-refractivity contribution in [3.8, 4) is 5.82 Å². The van der Waals surface area contributed by atoms with Crippen molar-refractivity contribution in [2.24, 2.45) is 7.05 Å². The second-order valence-corrected chi connectivity index (χ2v) is 7.59. The van der Waals surface area contributed by atoms with Crippen LogP contribution in [0.2, 0.25) is 0 Å². The molecule has 0 saturated carbocycles. The third-order valence-corrected chi connectivity index (χ3v) is 5.38. The summed E-state index contributed by atoms with van der Waals surface area (Å²) in [5.41, 5.74) is 1.67. The molecule has 0 bridgehead atoms. The molecule has 1 aliphatic heterocycles. The number of hydrogen-bond donors (Lipinski definition) is 0. The number of nitrogens with zero attached hydrogens (tertiary/aromatic N) is 8. The van der Waals surface area contributed by atoms with E-state index in [-0.39, 0.29) is 11.1 Å². The van der Waals surface area contributed by atoms with Crippen molar-refractivity contribution in [1.82, 2.24) is 34.0 Å². The number of aryl methyl sites for hydroxylation is 3. The van der Waals surface area contributed by atoms with E-state index in [1.165, 1.54) is 10.7 Å². The Labute approximate surface area is 174 Å². The van der Waals surface area contributed by atoms with Gasteiger partial charge in [-0.05, 0) is 26.0 Å². The molecule has 10 heteroatoms. The van der Waals surface area contributed by atoms with Crippen LogP contribution < -0.4 is 16.0 Å². The Kier molecular flexibility index (Phi) is 5.49. The van der Waals surface area contributed by atoms with Crippen molar-refractivity contribution >= 4 is 5.82 Å². The molecule has 0 spiro atoms. The van der Waals surface area contributed by atoms with Gasteiger partial charge in [0.1, 0.15) is 0 Å². The van der Waals surface area contributed by atoms with Crippen molar-refractivity contribution in [3.63, 3.8) is 0 Å². The topological polar surface area (TPSA) is 94.1 Å². The SMILES string of the molecule is Cc1cc(C)n(-c2ccc(=O)n(CCN3CCN(c4nccn(C)c4=O)CC3)n2)n1. The maximum absolute atomic E-state index is 12.3. The quantitative estimate of drug-likeness (QED) is 0.583. The maximum Gasteiger partial charge on any atom is 0.293 e. The summed E-state index contributed by atoms with van der Waals surface area (Å²) in [6.07, 6.45) is 3.31. The van der Waals surface area contributed by atoms with Gasteiger partial charge in [-0.3, -0.25) is 14.5 Å². The standard InChI is InChI=1S/C20H26N8O2/c1-15-14-16(2)28(22-15)17-4-5-18(29)27(23-17)13-10-25-8-11-26(12-9-25)19-20(30)24(3)7-6-21-19/h4-7,14H,8-13H2,1-3H3. The minimum Gasteiger partial charge on any atom is -0.349 e. The summed E-state index contributed by atoms with van der Waals surface area (Å²) in [6.45, 7) is 8.14. The van der Waals surface area contributed by atoms with Crippen molar-refractivity contribution < 1.29 is 0 Å². The minimum atomic E-state index is -0.129. The summed E-state index contributed by atoms with van der Waals surface area (Å²) in [6, 6.07) is 5.21. The van der Waals surface area contributed by atoms with E-state index in [1.54, 1.807) is 34.8 Å². The van der Waals surface area contributed by atoms with E-state index in [2.05, 4.69) is 20.1 Å². The van der Waals surface area contributed by atoms with Crippen molar-refractivity contribution in [3.05, 3.63) is 62.7 Å². The zero-order valence-corrected chi connectivity index (χ0v) is 17.5. The molecule has 3 aromatic heterocycles. The molecule has 30 heavy (non-hydrogen) atoms. The fraction of sp³-hybridized carbons (Fsp3) is 0.450. The molecule has 1 aliphatic rings. The second kappa shape index (κ2) is 8.23. The zero-order valence-electron chi connectivity index (χ0n) is 17.5. The van der Waals surface area contributed by atoms with E-state index in [0.717, 1.165) is 37.6 Å². The molecule has 0 aliphatic carbocycles. The highest BCUT2D eigenvalue weighted by molar-refractivity contribution is 5.36. The summed E-state index contributed by atoms with van der Waals surface area (Å²) in [5, 5.41) is 8.94. The normalized spacial score (nSPS) is 15.0. The Morgan fingerprint density at radius 1 is 1.00 bits per heavy atom. The van der Waals surface area contributed by atoms with E-state index in [1.807, 2.05) is 24.8 Å². The molecule has 1 saturated heterocycles. The van der Waals surface area contributed by atoms with Crippen LogP contribution in [0, 0.1) is 13.8 Å². The lowest BCUT2D eigenvalue weighted by Crippen LogP contribution is -2.49. The maximum atomic E-state index is 12.3. The van der Waals surface area contributed by atoms with Gasteiger partial charge in [-0.25, -0.2) is 14.3 Å². The Morgan fingerprint density at radius 2 is 1.77 bits per heavy atom. The van der Waals surface area contributed by atoms with Crippen LogP contribution in [0.15, 0.2) is 40.2 Å². The van der Waals surface area contributed by atoms with Crippen molar-refractivity contribution in [1.29, 1.82) is 0 Å². The van der Waals surface area contributed by atoms with Crippen LogP contribution in [-0.4, -0.2) is 66.7 Å². The number of anilines is 1. The fourth-order valence-electron chi connectivity index (χ4n) is 3.69. The molecule has 0 amide bonds. The van der Waals surface area contributed by atoms with Crippen LogP contribution in [0.25, 0.3) is 5.82 Å². The average Bonchev–Trinajstić information content (AvgIpc) is 3.08. The zero-order chi connectivity index (χ0) is 21.3. The second-order valence-electron chi connectivity index (χ2n) is 7.59. The predicted octanol–water partition coefficient (Wildman–Crippen LogP) is -0.0383. The van der Waals surface area contributed by atoms with Crippen molar-refractivity contribution in [2.45, 2.75) is 20.4 Å². The Morgan fingerprint density at radius 3 is 2.47 bits per heavy atom. The average molecular weight is 410 g/mol. The van der Waals surface area contributed by atoms with Gasteiger partial charge in [-0.2, -0.15) is 5.10 Å². The van der Waals surface area contributed by atoms with E-state index in [9.17, 15) is 9.59 Å². The van der Waals surface area contributed by atoms with Gasteiger partial charge >= 0.3 is 0 Å².